The third-order valence-corrected chi connectivity index (χ3v) is 3.92. The molecule has 1 amide bonds. The molecule has 2 N–H and O–H groups in total. The van der Waals surface area contributed by atoms with Gasteiger partial charge >= 0.3 is 0 Å². The van der Waals surface area contributed by atoms with Crippen LogP contribution < -0.4 is 10.5 Å². The minimum atomic E-state index is -0.134. The first-order valence-corrected chi connectivity index (χ1v) is 7.68. The highest BCUT2D eigenvalue weighted by Gasteiger charge is 2.14. The largest absolute Gasteiger partial charge is 0.496 e. The van der Waals surface area contributed by atoms with Crippen LogP contribution in [0, 0.1) is 0 Å². The van der Waals surface area contributed by atoms with Crippen LogP contribution in [-0.4, -0.2) is 36.2 Å². The highest BCUT2D eigenvalue weighted by atomic mass is 32.2. The Kier molecular flexibility index (Phi) is 5.83. The highest BCUT2D eigenvalue weighted by Crippen LogP contribution is 2.20. The van der Waals surface area contributed by atoms with Gasteiger partial charge in [0, 0.05) is 30.9 Å². The molecule has 5 nitrogen and oxygen atoms in total. The molecule has 0 aliphatic carbocycles. The number of nitrogens with zero attached hydrogens (tertiary/aromatic N) is 2. The number of rotatable bonds is 6. The monoisotopic (exact) mass is 305 g/mol. The van der Waals surface area contributed by atoms with Crippen molar-refractivity contribution in [2.45, 2.75) is 18.3 Å². The zero-order valence-electron chi connectivity index (χ0n) is 11.9. The normalized spacial score (nSPS) is 17.6. The molecule has 1 aromatic carbocycles. The average Bonchev–Trinajstić information content (AvgIpc) is 2.91. The minimum Gasteiger partial charge on any atom is -0.496 e. The smallest absolute Gasteiger partial charge is 0.245 e. The van der Waals surface area contributed by atoms with E-state index in [0.717, 1.165) is 18.5 Å². The number of para-hydroxylation sites is 1. The molecule has 112 valence electrons. The molecule has 0 saturated heterocycles. The van der Waals surface area contributed by atoms with E-state index >= 15 is 0 Å². The first kappa shape index (κ1) is 15.6. The van der Waals surface area contributed by atoms with E-state index in [0.29, 0.717) is 12.2 Å². The number of amides is 1. The Morgan fingerprint density at radius 3 is 3.05 bits per heavy atom. The number of nitrogens with two attached hydrogens (primary N) is 1. The second-order valence-electron chi connectivity index (χ2n) is 4.55. The molecule has 1 aliphatic heterocycles. The highest BCUT2D eigenvalue weighted by molar-refractivity contribution is 8.02. The lowest BCUT2D eigenvalue weighted by molar-refractivity contribution is -0.117. The van der Waals surface area contributed by atoms with Gasteiger partial charge in [0.2, 0.25) is 5.91 Å². The van der Waals surface area contributed by atoms with Gasteiger partial charge in [-0.05, 0) is 24.0 Å². The molecule has 0 saturated carbocycles. The molecule has 0 aromatic heterocycles. The van der Waals surface area contributed by atoms with Gasteiger partial charge in [-0.25, -0.2) is 4.99 Å². The maximum absolute atomic E-state index is 11.8. The number of hydrogen-bond donors (Lipinski definition) is 1. The second-order valence-corrected chi connectivity index (χ2v) is 5.57. The van der Waals surface area contributed by atoms with Gasteiger partial charge in [-0.15, -0.1) is 0 Å². The van der Waals surface area contributed by atoms with Gasteiger partial charge in [0.15, 0.2) is 0 Å². The van der Waals surface area contributed by atoms with Crippen LogP contribution in [0.2, 0.25) is 0 Å². The molecule has 21 heavy (non-hydrogen) atoms. The number of thioether (sulfide) groups is 1. The van der Waals surface area contributed by atoms with E-state index in [4.69, 9.17) is 10.5 Å². The molecule has 0 bridgehead atoms. The van der Waals surface area contributed by atoms with Crippen molar-refractivity contribution in [1.82, 2.24) is 4.90 Å². The summed E-state index contributed by atoms with van der Waals surface area (Å²) in [5.41, 5.74) is 6.63. The maximum Gasteiger partial charge on any atom is 0.245 e. The van der Waals surface area contributed by atoms with Crippen LogP contribution in [0.3, 0.4) is 0 Å². The molecule has 1 atom stereocenters. The van der Waals surface area contributed by atoms with Crippen LogP contribution in [-0.2, 0) is 4.79 Å². The fourth-order valence-electron chi connectivity index (χ4n) is 1.95. The lowest BCUT2D eigenvalue weighted by Crippen LogP contribution is -2.33. The number of ether oxygens (including phenoxy) is 1. The Balaban J connectivity index is 1.79. The van der Waals surface area contributed by atoms with Gasteiger partial charge in [-0.2, -0.15) is 0 Å². The summed E-state index contributed by atoms with van der Waals surface area (Å²) >= 11 is 1.57. The van der Waals surface area contributed by atoms with E-state index in [1.165, 1.54) is 0 Å². The molecular formula is C15H19N3O2S. The molecular weight excluding hydrogens is 286 g/mol. The predicted molar refractivity (Wildman–Crippen MR) is 86.2 cm³/mol. The van der Waals surface area contributed by atoms with E-state index in [1.54, 1.807) is 25.1 Å². The summed E-state index contributed by atoms with van der Waals surface area (Å²) in [6, 6.07) is 7.46. The van der Waals surface area contributed by atoms with E-state index < -0.39 is 0 Å². The minimum absolute atomic E-state index is 0.0304. The van der Waals surface area contributed by atoms with Crippen molar-refractivity contribution >= 4 is 23.9 Å². The molecule has 1 unspecified atom stereocenters. The number of hydrogen-bond acceptors (Lipinski definition) is 5. The lowest BCUT2D eigenvalue weighted by atomic mass is 10.2. The molecule has 1 aliphatic rings. The lowest BCUT2D eigenvalue weighted by Gasteiger charge is -2.20. The summed E-state index contributed by atoms with van der Waals surface area (Å²) in [4.78, 5) is 17.7. The van der Waals surface area contributed by atoms with Gasteiger partial charge in [-0.1, -0.05) is 23.9 Å². The molecule has 1 heterocycles. The Morgan fingerprint density at radius 1 is 1.52 bits per heavy atom. The van der Waals surface area contributed by atoms with E-state index in [-0.39, 0.29) is 11.4 Å². The van der Waals surface area contributed by atoms with Crippen LogP contribution in [0.1, 0.15) is 18.4 Å². The second kappa shape index (κ2) is 7.85. The summed E-state index contributed by atoms with van der Waals surface area (Å²) in [6.45, 7) is 0.764. The average molecular weight is 305 g/mol. The third-order valence-electron chi connectivity index (χ3n) is 3.09. The molecule has 1 aromatic rings. The number of methoxy groups -OCH3 is 1. The number of benzene rings is 1. The summed E-state index contributed by atoms with van der Waals surface area (Å²) < 4.78 is 5.21. The summed E-state index contributed by atoms with van der Waals surface area (Å²) in [5.74, 6) is 0.574. The van der Waals surface area contributed by atoms with Crippen molar-refractivity contribution < 1.29 is 9.53 Å². The van der Waals surface area contributed by atoms with Gasteiger partial charge in [0.05, 0.1) is 7.11 Å². The van der Waals surface area contributed by atoms with E-state index in [9.17, 15) is 4.79 Å². The Labute approximate surface area is 128 Å². The van der Waals surface area contributed by atoms with Crippen molar-refractivity contribution in [1.29, 1.82) is 0 Å². The quantitative estimate of drug-likeness (QED) is 0.816. The zero-order chi connectivity index (χ0) is 15.1. The van der Waals surface area contributed by atoms with Crippen molar-refractivity contribution in [2.75, 3.05) is 13.7 Å². The zero-order valence-corrected chi connectivity index (χ0v) is 12.8. The maximum atomic E-state index is 11.8. The molecule has 0 fully saturated rings. The first-order valence-electron chi connectivity index (χ1n) is 6.74. The first-order chi connectivity index (χ1) is 10.2. The fourth-order valence-corrected chi connectivity index (χ4v) is 2.67. The Hall–Kier alpha value is -1.79. The number of aliphatic imine (C=N–C) groups is 1. The van der Waals surface area contributed by atoms with Crippen molar-refractivity contribution in [3.63, 3.8) is 0 Å². The van der Waals surface area contributed by atoms with Gasteiger partial charge in [0.1, 0.15) is 11.2 Å². The summed E-state index contributed by atoms with van der Waals surface area (Å²) in [7, 11) is 1.60. The molecule has 0 radical (unpaired) electrons. The third kappa shape index (κ3) is 4.61. The molecule has 2 rings (SSSR count). The predicted octanol–water partition coefficient (Wildman–Crippen LogP) is 2.18. The van der Waals surface area contributed by atoms with Crippen molar-refractivity contribution in [3.05, 3.63) is 41.4 Å². The Bertz CT molecular complexity index is 545. The summed E-state index contributed by atoms with van der Waals surface area (Å²) in [6.07, 6.45) is 4.66. The fraction of sp³-hybridized carbons (Fsp3) is 0.333. The van der Waals surface area contributed by atoms with Crippen LogP contribution in [0.25, 0.3) is 0 Å². The van der Waals surface area contributed by atoms with Gasteiger partial charge in [-0.3, -0.25) is 4.79 Å². The number of carbonyl (C=O) groups is 1. The molecule has 6 heteroatoms. The molecule has 0 spiro atoms. The Morgan fingerprint density at radius 2 is 2.33 bits per heavy atom. The van der Waals surface area contributed by atoms with Crippen molar-refractivity contribution in [3.8, 4) is 5.75 Å². The summed E-state index contributed by atoms with van der Waals surface area (Å²) in [5, 5.41) is 1.96. The van der Waals surface area contributed by atoms with Crippen LogP contribution in [0.15, 0.2) is 40.9 Å². The van der Waals surface area contributed by atoms with Crippen LogP contribution >= 0.6 is 11.8 Å². The van der Waals surface area contributed by atoms with Crippen molar-refractivity contribution in [2.24, 2.45) is 10.7 Å². The van der Waals surface area contributed by atoms with Gasteiger partial charge in [0.25, 0.3) is 0 Å². The van der Waals surface area contributed by atoms with E-state index in [1.807, 2.05) is 40.8 Å². The SMILES string of the molecule is COc1ccccc1C=NC(=O)CCCN1C=CSC1N. The van der Waals surface area contributed by atoms with Gasteiger partial charge < -0.3 is 15.4 Å². The van der Waals surface area contributed by atoms with Crippen LogP contribution in [0.5, 0.6) is 5.75 Å². The standard InChI is InChI=1S/C15H19N3O2S/c1-20-13-6-3-2-5-12(13)11-17-14(19)7-4-8-18-9-10-21-15(18)16/h2-3,5-6,9-11,15H,4,7-8,16H2,1H3. The topological polar surface area (TPSA) is 67.9 Å². The number of carbonyl (C=O) groups excluding carboxylic acids is 1. The van der Waals surface area contributed by atoms with Crippen LogP contribution in [0.4, 0.5) is 0 Å². The van der Waals surface area contributed by atoms with E-state index in [2.05, 4.69) is 4.99 Å².